The number of aliphatic hydroxyl groups excluding tert-OH is 7. The summed E-state index contributed by atoms with van der Waals surface area (Å²) in [5.74, 6) is -1.00. The first kappa shape index (κ1) is 25.4. The van der Waals surface area contributed by atoms with Crippen LogP contribution >= 0.6 is 7.82 Å². The van der Waals surface area contributed by atoms with Gasteiger partial charge in [-0.2, -0.15) is 0 Å². The smallest absolute Gasteiger partial charge is 0.394 e. The van der Waals surface area contributed by atoms with Gasteiger partial charge >= 0.3 is 7.82 Å². The SMILES string of the molecule is O=C(CO)[C@@H](O)[C@H](O)[C@H](O)CO.O=C[C@H](O)[C@H](O)COP(=O)(O)O. The van der Waals surface area contributed by atoms with Crippen molar-refractivity contribution in [1.29, 1.82) is 0 Å². The Kier molecular flexibility index (Phi) is 13.3. The fraction of sp³-hybridized carbons (Fsp3) is 0.800. The molecule has 0 saturated heterocycles. The van der Waals surface area contributed by atoms with Gasteiger partial charge in [0.25, 0.3) is 0 Å². The van der Waals surface area contributed by atoms with Gasteiger partial charge in [-0.15, -0.1) is 0 Å². The number of Topliss-reactive ketones (excluding diaryl/α,β-unsaturated/α-hetero) is 1. The van der Waals surface area contributed by atoms with E-state index in [-0.39, 0.29) is 6.29 Å². The molecule has 0 aliphatic carbocycles. The number of rotatable bonds is 10. The summed E-state index contributed by atoms with van der Waals surface area (Å²) in [6.45, 7) is -2.49. The van der Waals surface area contributed by atoms with Crippen LogP contribution in [0, 0.1) is 0 Å². The normalized spacial score (nSPS) is 17.7. The predicted octanol–water partition coefficient (Wildman–Crippen LogP) is -5.36. The fourth-order valence-corrected chi connectivity index (χ4v) is 1.31. The van der Waals surface area contributed by atoms with Crippen LogP contribution in [0.25, 0.3) is 0 Å². The first-order chi connectivity index (χ1) is 10.9. The van der Waals surface area contributed by atoms with E-state index in [2.05, 4.69) is 4.52 Å². The summed E-state index contributed by atoms with van der Waals surface area (Å²) in [7, 11) is -4.66. The molecule has 0 amide bonds. The Bertz CT molecular complexity index is 410. The highest BCUT2D eigenvalue weighted by molar-refractivity contribution is 7.46. The third kappa shape index (κ3) is 11.7. The highest BCUT2D eigenvalue weighted by atomic mass is 31.2. The van der Waals surface area contributed by atoms with E-state index < -0.39 is 63.9 Å². The van der Waals surface area contributed by atoms with Crippen LogP contribution in [0.1, 0.15) is 0 Å². The fourth-order valence-electron chi connectivity index (χ4n) is 0.965. The molecule has 13 nitrogen and oxygen atoms in total. The van der Waals surface area contributed by atoms with Gasteiger partial charge in [-0.3, -0.25) is 9.32 Å². The van der Waals surface area contributed by atoms with Gasteiger partial charge in [0.15, 0.2) is 12.1 Å². The Labute approximate surface area is 135 Å². The molecule has 5 atom stereocenters. The van der Waals surface area contributed by atoms with Gasteiger partial charge in [0.1, 0.15) is 37.1 Å². The zero-order valence-corrected chi connectivity index (χ0v) is 13.1. The van der Waals surface area contributed by atoms with Crippen LogP contribution in [0.15, 0.2) is 0 Å². The maximum atomic E-state index is 10.5. The van der Waals surface area contributed by atoms with Crippen molar-refractivity contribution in [3.05, 3.63) is 0 Å². The highest BCUT2D eigenvalue weighted by Gasteiger charge is 2.28. The molecule has 0 aromatic carbocycles. The maximum Gasteiger partial charge on any atom is 0.469 e. The second kappa shape index (κ2) is 12.5. The minimum absolute atomic E-state index is 0.0354. The van der Waals surface area contributed by atoms with Gasteiger partial charge in [0.2, 0.25) is 0 Å². The van der Waals surface area contributed by atoms with Crippen molar-refractivity contribution < 1.29 is 64.2 Å². The largest absolute Gasteiger partial charge is 0.469 e. The lowest BCUT2D eigenvalue weighted by atomic mass is 10.1. The summed E-state index contributed by atoms with van der Waals surface area (Å²) in [6, 6.07) is 0. The molecular formula is C10H21O13P. The van der Waals surface area contributed by atoms with E-state index in [1.807, 2.05) is 0 Å². The number of hydrogen-bond donors (Lipinski definition) is 9. The summed E-state index contributed by atoms with van der Waals surface area (Å²) in [5, 5.41) is 60.4. The van der Waals surface area contributed by atoms with Crippen LogP contribution in [0.2, 0.25) is 0 Å². The minimum Gasteiger partial charge on any atom is -0.394 e. The van der Waals surface area contributed by atoms with Gasteiger partial charge in [0.05, 0.1) is 13.2 Å². The zero-order valence-electron chi connectivity index (χ0n) is 12.2. The molecule has 0 aromatic rings. The molecule has 0 rings (SSSR count). The van der Waals surface area contributed by atoms with Crippen LogP contribution in [-0.4, -0.2) is 108 Å². The van der Waals surface area contributed by atoms with Crippen LogP contribution in [0.5, 0.6) is 0 Å². The lowest BCUT2D eigenvalue weighted by Gasteiger charge is -2.19. The molecular weight excluding hydrogens is 359 g/mol. The standard InChI is InChI=1S/C6H12O6.C4H9O7P/c7-1-3(9)5(11)6(12)4(10)2-8;5-1-3(6)4(7)2-11-12(8,9)10/h3,5-9,11-12H,1-2H2;1,3-4,6-7H,2H2,(H2,8,9,10)/t3-,5-,6-;3-,4+/m10/s1. The van der Waals surface area contributed by atoms with Crippen LogP contribution in [-0.2, 0) is 18.7 Å². The van der Waals surface area contributed by atoms with E-state index in [4.69, 9.17) is 45.5 Å². The molecule has 144 valence electrons. The molecule has 0 unspecified atom stereocenters. The molecule has 0 bridgehead atoms. The molecule has 24 heavy (non-hydrogen) atoms. The number of carbonyl (C=O) groups excluding carboxylic acids is 2. The average molecular weight is 380 g/mol. The number of phosphoric acid groups is 1. The number of carbonyl (C=O) groups is 2. The Balaban J connectivity index is 0. The number of ketones is 1. The third-order valence-corrected chi connectivity index (χ3v) is 2.82. The number of hydrogen-bond acceptors (Lipinski definition) is 11. The first-order valence-corrected chi connectivity index (χ1v) is 7.74. The quantitative estimate of drug-likeness (QED) is 0.127. The van der Waals surface area contributed by atoms with E-state index in [0.29, 0.717) is 0 Å². The summed E-state index contributed by atoms with van der Waals surface area (Å²) in [6.07, 6.45) is -8.51. The molecule has 0 aromatic heterocycles. The van der Waals surface area contributed by atoms with Crippen LogP contribution in [0.4, 0.5) is 0 Å². The average Bonchev–Trinajstić information content (AvgIpc) is 2.55. The molecule has 0 aliphatic rings. The lowest BCUT2D eigenvalue weighted by molar-refractivity contribution is -0.142. The molecule has 9 N–H and O–H groups in total. The van der Waals surface area contributed by atoms with Crippen molar-refractivity contribution >= 4 is 19.9 Å². The van der Waals surface area contributed by atoms with Crippen molar-refractivity contribution in [3.8, 4) is 0 Å². The van der Waals surface area contributed by atoms with E-state index in [9.17, 15) is 14.2 Å². The maximum absolute atomic E-state index is 10.5. The van der Waals surface area contributed by atoms with Crippen molar-refractivity contribution in [2.75, 3.05) is 19.8 Å². The molecule has 0 spiro atoms. The second-order valence-electron chi connectivity index (χ2n) is 4.29. The Morgan fingerprint density at radius 2 is 1.54 bits per heavy atom. The van der Waals surface area contributed by atoms with Gasteiger partial charge in [-0.25, -0.2) is 4.57 Å². The molecule has 0 heterocycles. The predicted molar refractivity (Wildman–Crippen MR) is 73.3 cm³/mol. The van der Waals surface area contributed by atoms with Crippen molar-refractivity contribution in [2.24, 2.45) is 0 Å². The Morgan fingerprint density at radius 1 is 1.04 bits per heavy atom. The number of aliphatic hydroxyl groups is 7. The monoisotopic (exact) mass is 380 g/mol. The van der Waals surface area contributed by atoms with Crippen LogP contribution in [0.3, 0.4) is 0 Å². The highest BCUT2D eigenvalue weighted by Crippen LogP contribution is 2.35. The van der Waals surface area contributed by atoms with Gasteiger partial charge < -0.3 is 50.3 Å². The molecule has 0 saturated carbocycles. The van der Waals surface area contributed by atoms with Crippen LogP contribution < -0.4 is 0 Å². The molecule has 0 aliphatic heterocycles. The zero-order chi connectivity index (χ0) is 19.5. The molecule has 14 heteroatoms. The topological polar surface area (TPSA) is 243 Å². The van der Waals surface area contributed by atoms with Gasteiger partial charge in [0, 0.05) is 0 Å². The number of phosphoric ester groups is 1. The number of aldehydes is 1. The summed E-state index contributed by atoms with van der Waals surface area (Å²) >= 11 is 0. The summed E-state index contributed by atoms with van der Waals surface area (Å²) in [5.41, 5.74) is 0. The van der Waals surface area contributed by atoms with Gasteiger partial charge in [-0.05, 0) is 0 Å². The molecule has 0 radical (unpaired) electrons. The second-order valence-corrected chi connectivity index (χ2v) is 5.53. The molecule has 0 fully saturated rings. The lowest BCUT2D eigenvalue weighted by Crippen LogP contribution is -2.44. The van der Waals surface area contributed by atoms with E-state index >= 15 is 0 Å². The van der Waals surface area contributed by atoms with E-state index in [1.165, 1.54) is 0 Å². The van der Waals surface area contributed by atoms with Crippen molar-refractivity contribution in [3.63, 3.8) is 0 Å². The Hall–Kier alpha value is -0.830. The summed E-state index contributed by atoms with van der Waals surface area (Å²) < 4.78 is 13.8. The van der Waals surface area contributed by atoms with E-state index in [0.717, 1.165) is 0 Å². The third-order valence-electron chi connectivity index (χ3n) is 2.34. The van der Waals surface area contributed by atoms with Gasteiger partial charge in [-0.1, -0.05) is 0 Å². The van der Waals surface area contributed by atoms with Crippen molar-refractivity contribution in [2.45, 2.75) is 30.5 Å². The first-order valence-electron chi connectivity index (χ1n) is 6.21. The minimum atomic E-state index is -4.66. The van der Waals surface area contributed by atoms with E-state index in [1.54, 1.807) is 0 Å². The summed E-state index contributed by atoms with van der Waals surface area (Å²) in [4.78, 5) is 36.6. The Morgan fingerprint density at radius 3 is 1.88 bits per heavy atom. The van der Waals surface area contributed by atoms with Crippen molar-refractivity contribution in [1.82, 2.24) is 0 Å².